The van der Waals surface area contributed by atoms with Crippen molar-refractivity contribution in [2.45, 2.75) is 13.5 Å². The lowest BCUT2D eigenvalue weighted by molar-refractivity contribution is -0.128. The minimum atomic E-state index is 0.0898. The van der Waals surface area contributed by atoms with Crippen molar-refractivity contribution in [3.05, 3.63) is 42.5 Å². The van der Waals surface area contributed by atoms with E-state index in [9.17, 15) is 4.79 Å². The van der Waals surface area contributed by atoms with Crippen molar-refractivity contribution < 1.29 is 9.53 Å². The highest BCUT2D eigenvalue weighted by Crippen LogP contribution is 2.17. The van der Waals surface area contributed by atoms with Crippen LogP contribution in [0.2, 0.25) is 0 Å². The molecule has 1 aromatic rings. The molecule has 4 heteroatoms. The molecule has 1 N–H and O–H groups in total. The molecule has 4 nitrogen and oxygen atoms in total. The van der Waals surface area contributed by atoms with Crippen molar-refractivity contribution in [3.8, 4) is 5.75 Å². The third kappa shape index (κ3) is 5.14. The lowest BCUT2D eigenvalue weighted by atomic mass is 10.2. The second-order valence-corrected chi connectivity index (χ2v) is 4.22. The highest BCUT2D eigenvalue weighted by Gasteiger charge is 2.07. The summed E-state index contributed by atoms with van der Waals surface area (Å²) in [4.78, 5) is 13.3. The maximum Gasteiger partial charge on any atom is 0.236 e. The number of hydrogen-bond acceptors (Lipinski definition) is 3. The van der Waals surface area contributed by atoms with Gasteiger partial charge in [-0.1, -0.05) is 30.9 Å². The van der Waals surface area contributed by atoms with Crippen molar-refractivity contribution in [2.24, 2.45) is 0 Å². The molecule has 0 aliphatic heterocycles. The van der Waals surface area contributed by atoms with E-state index in [0.29, 0.717) is 19.7 Å². The first-order valence-corrected chi connectivity index (χ1v) is 6.45. The fourth-order valence-corrected chi connectivity index (χ4v) is 1.55. The Morgan fingerprint density at radius 3 is 2.89 bits per heavy atom. The molecule has 0 spiro atoms. The van der Waals surface area contributed by atoms with Crippen molar-refractivity contribution in [1.29, 1.82) is 0 Å². The Bertz CT molecular complexity index is 418. The minimum absolute atomic E-state index is 0.0898. The van der Waals surface area contributed by atoms with E-state index >= 15 is 0 Å². The predicted molar refractivity (Wildman–Crippen MR) is 77.2 cm³/mol. The molecule has 1 rings (SSSR count). The fraction of sp³-hybridized carbons (Fsp3) is 0.400. The second kappa shape index (κ2) is 8.32. The molecular weight excluding hydrogens is 240 g/mol. The Hall–Kier alpha value is -1.81. The smallest absolute Gasteiger partial charge is 0.236 e. The number of likely N-dealkylation sites (N-methyl/N-ethyl adjacent to an activating group) is 1. The SMILES string of the molecule is C=CCOc1ccccc1CNCC(=O)N(C)CC. The Labute approximate surface area is 115 Å². The first-order chi connectivity index (χ1) is 9.19. The molecule has 0 fully saturated rings. The number of amides is 1. The summed E-state index contributed by atoms with van der Waals surface area (Å²) in [6.07, 6.45) is 1.71. The lowest BCUT2D eigenvalue weighted by Crippen LogP contribution is -2.35. The average molecular weight is 262 g/mol. The van der Waals surface area contributed by atoms with Gasteiger partial charge in [0.1, 0.15) is 12.4 Å². The van der Waals surface area contributed by atoms with Crippen LogP contribution in [0.4, 0.5) is 0 Å². The summed E-state index contributed by atoms with van der Waals surface area (Å²) in [6, 6.07) is 7.79. The van der Waals surface area contributed by atoms with E-state index < -0.39 is 0 Å². The average Bonchev–Trinajstić information content (AvgIpc) is 2.45. The number of carbonyl (C=O) groups excluding carboxylic acids is 1. The van der Waals surface area contributed by atoms with Crippen LogP contribution in [0, 0.1) is 0 Å². The number of carbonyl (C=O) groups is 1. The molecule has 0 radical (unpaired) electrons. The molecule has 0 bridgehead atoms. The summed E-state index contributed by atoms with van der Waals surface area (Å²) < 4.78 is 5.56. The van der Waals surface area contributed by atoms with Crippen LogP contribution in [-0.4, -0.2) is 37.6 Å². The van der Waals surface area contributed by atoms with Gasteiger partial charge in [0.25, 0.3) is 0 Å². The number of ether oxygens (including phenoxy) is 1. The zero-order valence-electron chi connectivity index (χ0n) is 11.7. The van der Waals surface area contributed by atoms with Crippen LogP contribution in [-0.2, 0) is 11.3 Å². The van der Waals surface area contributed by atoms with Gasteiger partial charge >= 0.3 is 0 Å². The van der Waals surface area contributed by atoms with Crippen LogP contribution >= 0.6 is 0 Å². The summed E-state index contributed by atoms with van der Waals surface area (Å²) >= 11 is 0. The summed E-state index contributed by atoms with van der Waals surface area (Å²) in [5, 5.41) is 3.14. The van der Waals surface area contributed by atoms with Gasteiger partial charge in [-0.15, -0.1) is 0 Å². The standard InChI is InChI=1S/C15H22N2O2/c1-4-10-19-14-9-7-6-8-13(14)11-16-12-15(18)17(3)5-2/h4,6-9,16H,1,5,10-12H2,2-3H3. The summed E-state index contributed by atoms with van der Waals surface area (Å²) in [6.45, 7) is 7.73. The molecular formula is C15H22N2O2. The van der Waals surface area contributed by atoms with E-state index in [2.05, 4.69) is 11.9 Å². The molecule has 0 saturated carbocycles. The second-order valence-electron chi connectivity index (χ2n) is 4.22. The van der Waals surface area contributed by atoms with E-state index in [1.807, 2.05) is 31.2 Å². The Kier molecular flexibility index (Phi) is 6.68. The summed E-state index contributed by atoms with van der Waals surface area (Å²) in [7, 11) is 1.80. The van der Waals surface area contributed by atoms with Crippen LogP contribution in [0.25, 0.3) is 0 Å². The number of hydrogen-bond donors (Lipinski definition) is 1. The summed E-state index contributed by atoms with van der Waals surface area (Å²) in [5.74, 6) is 0.915. The molecule has 0 aromatic heterocycles. The fourth-order valence-electron chi connectivity index (χ4n) is 1.55. The van der Waals surface area contributed by atoms with Gasteiger partial charge < -0.3 is 15.0 Å². The van der Waals surface area contributed by atoms with Crippen LogP contribution in [0.5, 0.6) is 5.75 Å². The number of para-hydroxylation sites is 1. The van der Waals surface area contributed by atoms with Gasteiger partial charge in [-0.05, 0) is 13.0 Å². The molecule has 0 aliphatic rings. The van der Waals surface area contributed by atoms with E-state index in [1.54, 1.807) is 18.0 Å². The Morgan fingerprint density at radius 2 is 2.21 bits per heavy atom. The van der Waals surface area contributed by atoms with E-state index in [1.165, 1.54) is 0 Å². The lowest BCUT2D eigenvalue weighted by Gasteiger charge is -2.15. The Balaban J connectivity index is 2.48. The normalized spacial score (nSPS) is 10.0. The van der Waals surface area contributed by atoms with Crippen molar-refractivity contribution in [2.75, 3.05) is 26.7 Å². The van der Waals surface area contributed by atoms with E-state index in [4.69, 9.17) is 4.74 Å². The van der Waals surface area contributed by atoms with Gasteiger partial charge in [0.15, 0.2) is 0 Å². The first kappa shape index (κ1) is 15.2. The third-order valence-electron chi connectivity index (χ3n) is 2.82. The molecule has 0 atom stereocenters. The van der Waals surface area contributed by atoms with Gasteiger partial charge in [-0.2, -0.15) is 0 Å². The van der Waals surface area contributed by atoms with Gasteiger partial charge in [0.2, 0.25) is 5.91 Å². The number of rotatable bonds is 8. The quantitative estimate of drug-likeness (QED) is 0.727. The van der Waals surface area contributed by atoms with Gasteiger partial charge in [-0.25, -0.2) is 0 Å². The molecule has 0 saturated heterocycles. The van der Waals surface area contributed by atoms with Gasteiger partial charge in [0, 0.05) is 25.7 Å². The number of nitrogens with one attached hydrogen (secondary N) is 1. The van der Waals surface area contributed by atoms with Crippen molar-refractivity contribution >= 4 is 5.91 Å². The zero-order chi connectivity index (χ0) is 14.1. The maximum atomic E-state index is 11.6. The van der Waals surface area contributed by atoms with Gasteiger partial charge in [0.05, 0.1) is 6.54 Å². The molecule has 0 heterocycles. The molecule has 19 heavy (non-hydrogen) atoms. The molecule has 1 amide bonds. The van der Waals surface area contributed by atoms with Crippen molar-refractivity contribution in [1.82, 2.24) is 10.2 Å². The van der Waals surface area contributed by atoms with Crippen LogP contribution in [0.1, 0.15) is 12.5 Å². The zero-order valence-corrected chi connectivity index (χ0v) is 11.7. The largest absolute Gasteiger partial charge is 0.489 e. The molecule has 1 aromatic carbocycles. The van der Waals surface area contributed by atoms with E-state index in [-0.39, 0.29) is 5.91 Å². The highest BCUT2D eigenvalue weighted by molar-refractivity contribution is 5.77. The monoisotopic (exact) mass is 262 g/mol. The van der Waals surface area contributed by atoms with Crippen LogP contribution in [0.3, 0.4) is 0 Å². The molecule has 0 aliphatic carbocycles. The third-order valence-corrected chi connectivity index (χ3v) is 2.82. The topological polar surface area (TPSA) is 41.6 Å². The molecule has 104 valence electrons. The number of benzene rings is 1. The maximum absolute atomic E-state index is 11.6. The minimum Gasteiger partial charge on any atom is -0.489 e. The van der Waals surface area contributed by atoms with Crippen LogP contribution in [0.15, 0.2) is 36.9 Å². The Morgan fingerprint density at radius 1 is 1.47 bits per heavy atom. The van der Waals surface area contributed by atoms with E-state index in [0.717, 1.165) is 17.9 Å². The number of nitrogens with zero attached hydrogens (tertiary/aromatic N) is 1. The first-order valence-electron chi connectivity index (χ1n) is 6.45. The van der Waals surface area contributed by atoms with Gasteiger partial charge in [-0.3, -0.25) is 4.79 Å². The van der Waals surface area contributed by atoms with Crippen LogP contribution < -0.4 is 10.1 Å². The molecule has 0 unspecified atom stereocenters. The van der Waals surface area contributed by atoms with Crippen molar-refractivity contribution in [3.63, 3.8) is 0 Å². The predicted octanol–water partition coefficient (Wildman–Crippen LogP) is 1.82. The highest BCUT2D eigenvalue weighted by atomic mass is 16.5. The summed E-state index contributed by atoms with van der Waals surface area (Å²) in [5.41, 5.74) is 1.04.